The van der Waals surface area contributed by atoms with Crippen LogP contribution in [0.2, 0.25) is 0 Å². The second kappa shape index (κ2) is 7.24. The van der Waals surface area contributed by atoms with Gasteiger partial charge in [0.15, 0.2) is 0 Å². The van der Waals surface area contributed by atoms with Crippen LogP contribution in [0.5, 0.6) is 6.01 Å². The average Bonchev–Trinajstić information content (AvgIpc) is 2.99. The van der Waals surface area contributed by atoms with Crippen molar-refractivity contribution in [3.8, 4) is 6.01 Å². The van der Waals surface area contributed by atoms with E-state index in [9.17, 15) is 0 Å². The Labute approximate surface area is 132 Å². The molecule has 2 aliphatic rings. The van der Waals surface area contributed by atoms with Crippen LogP contribution in [0, 0.1) is 5.92 Å². The third kappa shape index (κ3) is 3.87. The summed E-state index contributed by atoms with van der Waals surface area (Å²) in [6, 6.07) is 1.07. The Hall–Kier alpha value is -1.40. The molecule has 2 aliphatic heterocycles. The molecular formula is C16H27N5O. The summed E-state index contributed by atoms with van der Waals surface area (Å²) in [6.07, 6.45) is 7.30. The van der Waals surface area contributed by atoms with Gasteiger partial charge >= 0.3 is 6.01 Å². The molecule has 6 nitrogen and oxygen atoms in total. The lowest BCUT2D eigenvalue weighted by molar-refractivity contribution is 0.232. The molecule has 0 radical (unpaired) electrons. The molecule has 122 valence electrons. The summed E-state index contributed by atoms with van der Waals surface area (Å²) < 4.78 is 5.74. The van der Waals surface area contributed by atoms with Crippen LogP contribution in [0.15, 0.2) is 12.4 Å². The van der Waals surface area contributed by atoms with Crippen molar-refractivity contribution in [2.75, 3.05) is 51.8 Å². The number of nitrogens with one attached hydrogen (secondary N) is 1. The normalized spacial score (nSPS) is 23.6. The van der Waals surface area contributed by atoms with Crippen molar-refractivity contribution in [1.29, 1.82) is 0 Å². The van der Waals surface area contributed by atoms with E-state index in [0.717, 1.165) is 31.9 Å². The molecule has 2 saturated heterocycles. The molecule has 1 unspecified atom stereocenters. The number of aromatic nitrogens is 2. The molecule has 3 rings (SSSR count). The molecular weight excluding hydrogens is 278 g/mol. The molecule has 3 heterocycles. The first kappa shape index (κ1) is 15.5. The molecule has 0 aromatic carbocycles. The van der Waals surface area contributed by atoms with Gasteiger partial charge < -0.3 is 19.9 Å². The summed E-state index contributed by atoms with van der Waals surface area (Å²) in [4.78, 5) is 13.4. The second-order valence-electron chi connectivity index (χ2n) is 6.54. The standard InChI is InChI=1S/C16H27N5O/c1-20-8-5-13(11-20)12-22-16-18-9-15(10-19-16)21(2)14-3-6-17-7-4-14/h9-10,13-14,17H,3-8,11-12H2,1-2H3. The van der Waals surface area contributed by atoms with Gasteiger partial charge in [-0.2, -0.15) is 0 Å². The fraction of sp³-hybridized carbons (Fsp3) is 0.750. The zero-order valence-corrected chi connectivity index (χ0v) is 13.7. The molecule has 6 heteroatoms. The minimum atomic E-state index is 0.497. The van der Waals surface area contributed by atoms with Gasteiger partial charge in [0.1, 0.15) is 0 Å². The van der Waals surface area contributed by atoms with Crippen molar-refractivity contribution in [2.45, 2.75) is 25.3 Å². The van der Waals surface area contributed by atoms with E-state index >= 15 is 0 Å². The molecule has 0 spiro atoms. The molecule has 1 atom stereocenters. The van der Waals surface area contributed by atoms with Crippen molar-refractivity contribution in [3.63, 3.8) is 0 Å². The Bertz CT molecular complexity index is 460. The first-order valence-corrected chi connectivity index (χ1v) is 8.29. The number of ether oxygens (including phenoxy) is 1. The molecule has 1 aromatic rings. The fourth-order valence-electron chi connectivity index (χ4n) is 3.33. The van der Waals surface area contributed by atoms with Gasteiger partial charge in [-0.25, -0.2) is 9.97 Å². The minimum absolute atomic E-state index is 0.497. The number of nitrogens with zero attached hydrogens (tertiary/aromatic N) is 4. The van der Waals surface area contributed by atoms with Gasteiger partial charge in [-0.1, -0.05) is 0 Å². The summed E-state index contributed by atoms with van der Waals surface area (Å²) in [5, 5.41) is 3.40. The average molecular weight is 305 g/mol. The topological polar surface area (TPSA) is 53.5 Å². The van der Waals surface area contributed by atoms with E-state index in [1.165, 1.54) is 19.3 Å². The minimum Gasteiger partial charge on any atom is -0.463 e. The van der Waals surface area contributed by atoms with Crippen LogP contribution in [0.4, 0.5) is 5.69 Å². The predicted octanol–water partition coefficient (Wildman–Crippen LogP) is 0.995. The number of anilines is 1. The summed E-state index contributed by atoms with van der Waals surface area (Å²) in [6.45, 7) is 5.17. The maximum Gasteiger partial charge on any atom is 0.316 e. The lowest BCUT2D eigenvalue weighted by atomic mass is 10.1. The summed E-state index contributed by atoms with van der Waals surface area (Å²) in [7, 11) is 4.28. The molecule has 0 aliphatic carbocycles. The third-order valence-electron chi connectivity index (χ3n) is 4.82. The summed E-state index contributed by atoms with van der Waals surface area (Å²) >= 11 is 0. The molecule has 1 aromatic heterocycles. The highest BCUT2D eigenvalue weighted by molar-refractivity contribution is 5.42. The van der Waals surface area contributed by atoms with E-state index in [0.29, 0.717) is 24.6 Å². The van der Waals surface area contributed by atoms with E-state index < -0.39 is 0 Å². The highest BCUT2D eigenvalue weighted by Crippen LogP contribution is 2.20. The lowest BCUT2D eigenvalue weighted by Crippen LogP contribution is -2.41. The van der Waals surface area contributed by atoms with Gasteiger partial charge in [0.2, 0.25) is 0 Å². The Morgan fingerprint density at radius 1 is 1.27 bits per heavy atom. The SMILES string of the molecule is CN1CCC(COc2ncc(N(C)C3CCNCC3)cn2)C1. The highest BCUT2D eigenvalue weighted by Gasteiger charge is 2.21. The van der Waals surface area contributed by atoms with Gasteiger partial charge in [0.25, 0.3) is 0 Å². The van der Waals surface area contributed by atoms with Crippen molar-refractivity contribution < 1.29 is 4.74 Å². The number of piperidine rings is 1. The molecule has 2 fully saturated rings. The van der Waals surface area contributed by atoms with Gasteiger partial charge in [-0.05, 0) is 45.9 Å². The van der Waals surface area contributed by atoms with Crippen LogP contribution >= 0.6 is 0 Å². The Morgan fingerprint density at radius 3 is 2.64 bits per heavy atom. The van der Waals surface area contributed by atoms with Crippen molar-refractivity contribution in [1.82, 2.24) is 20.2 Å². The Morgan fingerprint density at radius 2 is 2.00 bits per heavy atom. The van der Waals surface area contributed by atoms with Crippen molar-refractivity contribution >= 4 is 5.69 Å². The maximum atomic E-state index is 5.74. The van der Waals surface area contributed by atoms with Gasteiger partial charge in [0.05, 0.1) is 24.7 Å². The van der Waals surface area contributed by atoms with E-state index in [2.05, 4.69) is 39.2 Å². The Kier molecular flexibility index (Phi) is 5.10. The van der Waals surface area contributed by atoms with Crippen LogP contribution < -0.4 is 15.0 Å². The summed E-state index contributed by atoms with van der Waals surface area (Å²) in [5.74, 6) is 0.602. The molecule has 22 heavy (non-hydrogen) atoms. The predicted molar refractivity (Wildman–Crippen MR) is 87.4 cm³/mol. The number of likely N-dealkylation sites (tertiary alicyclic amines) is 1. The zero-order chi connectivity index (χ0) is 15.4. The number of rotatable bonds is 5. The van der Waals surface area contributed by atoms with Crippen LogP contribution in [0.3, 0.4) is 0 Å². The third-order valence-corrected chi connectivity index (χ3v) is 4.82. The van der Waals surface area contributed by atoms with Crippen LogP contribution in [-0.2, 0) is 0 Å². The van der Waals surface area contributed by atoms with E-state index in [4.69, 9.17) is 4.74 Å². The Balaban J connectivity index is 1.51. The maximum absolute atomic E-state index is 5.74. The van der Waals surface area contributed by atoms with Gasteiger partial charge in [0, 0.05) is 25.6 Å². The van der Waals surface area contributed by atoms with E-state index in [1.54, 1.807) is 0 Å². The van der Waals surface area contributed by atoms with Gasteiger partial charge in [-0.3, -0.25) is 0 Å². The second-order valence-corrected chi connectivity index (χ2v) is 6.54. The number of hydrogen-bond acceptors (Lipinski definition) is 6. The lowest BCUT2D eigenvalue weighted by Gasteiger charge is -2.32. The largest absolute Gasteiger partial charge is 0.463 e. The smallest absolute Gasteiger partial charge is 0.316 e. The first-order valence-electron chi connectivity index (χ1n) is 8.29. The molecule has 0 amide bonds. The van der Waals surface area contributed by atoms with Crippen molar-refractivity contribution in [3.05, 3.63) is 12.4 Å². The van der Waals surface area contributed by atoms with Gasteiger partial charge in [-0.15, -0.1) is 0 Å². The molecule has 1 N–H and O–H groups in total. The molecule has 0 saturated carbocycles. The van der Waals surface area contributed by atoms with E-state index in [-0.39, 0.29) is 0 Å². The monoisotopic (exact) mass is 305 g/mol. The van der Waals surface area contributed by atoms with Crippen molar-refractivity contribution in [2.24, 2.45) is 5.92 Å². The summed E-state index contributed by atoms with van der Waals surface area (Å²) in [5.41, 5.74) is 1.07. The molecule has 0 bridgehead atoms. The van der Waals surface area contributed by atoms with Crippen LogP contribution in [0.1, 0.15) is 19.3 Å². The number of hydrogen-bond donors (Lipinski definition) is 1. The van der Waals surface area contributed by atoms with Crippen LogP contribution in [0.25, 0.3) is 0 Å². The highest BCUT2D eigenvalue weighted by atomic mass is 16.5. The van der Waals surface area contributed by atoms with E-state index in [1.807, 2.05) is 12.4 Å². The first-order chi connectivity index (χ1) is 10.7. The fourth-order valence-corrected chi connectivity index (χ4v) is 3.33. The quantitative estimate of drug-likeness (QED) is 0.876. The van der Waals surface area contributed by atoms with Crippen LogP contribution in [-0.4, -0.2) is 67.8 Å². The zero-order valence-electron chi connectivity index (χ0n) is 13.7.